The van der Waals surface area contributed by atoms with Gasteiger partial charge in [-0.2, -0.15) is 0 Å². The molecule has 0 spiro atoms. The molecule has 1 amide bonds. The molecule has 3 N–H and O–H groups in total. The summed E-state index contributed by atoms with van der Waals surface area (Å²) in [6, 6.07) is 0.555. The Kier molecular flexibility index (Phi) is 8.65. The monoisotopic (exact) mass is 316 g/mol. The summed E-state index contributed by atoms with van der Waals surface area (Å²) < 4.78 is 0. The summed E-state index contributed by atoms with van der Waals surface area (Å²) in [6.45, 7) is 2.16. The summed E-state index contributed by atoms with van der Waals surface area (Å²) in [7, 11) is 0. The molecule has 2 fully saturated rings. The first-order valence-corrected chi connectivity index (χ1v) is 8.71. The number of hydrogen-bond donors (Lipinski definition) is 2. The zero-order valence-electron chi connectivity index (χ0n) is 13.5. The summed E-state index contributed by atoms with van der Waals surface area (Å²) in [6.07, 6.45) is 13.5. The van der Waals surface area contributed by atoms with Crippen molar-refractivity contribution in [1.29, 1.82) is 0 Å². The zero-order chi connectivity index (χ0) is 14.4. The summed E-state index contributed by atoms with van der Waals surface area (Å²) in [5, 5.41) is 3.22. The number of nitrogens with two attached hydrogens (primary N) is 1. The fourth-order valence-electron chi connectivity index (χ4n) is 3.86. The molecular formula is C17H33ClN2O. The normalized spacial score (nSPS) is 28.5. The predicted octanol–water partition coefficient (Wildman–Crippen LogP) is 3.79. The van der Waals surface area contributed by atoms with Crippen molar-refractivity contribution in [2.24, 2.45) is 17.6 Å². The van der Waals surface area contributed by atoms with Crippen LogP contribution in [0.4, 0.5) is 0 Å². The van der Waals surface area contributed by atoms with Crippen molar-refractivity contribution in [2.75, 3.05) is 0 Å². The second-order valence-electron chi connectivity index (χ2n) is 7.11. The van der Waals surface area contributed by atoms with E-state index < -0.39 is 0 Å². The molecule has 124 valence electrons. The van der Waals surface area contributed by atoms with Crippen molar-refractivity contribution in [3.8, 4) is 0 Å². The quantitative estimate of drug-likeness (QED) is 0.810. The summed E-state index contributed by atoms with van der Waals surface area (Å²) in [5.74, 6) is 1.32. The van der Waals surface area contributed by atoms with Gasteiger partial charge < -0.3 is 11.1 Å². The lowest BCUT2D eigenvalue weighted by atomic mass is 9.84. The van der Waals surface area contributed by atoms with Gasteiger partial charge in [-0.25, -0.2) is 0 Å². The molecule has 0 aromatic carbocycles. The maximum absolute atomic E-state index is 12.2. The van der Waals surface area contributed by atoms with Gasteiger partial charge in [0, 0.05) is 18.0 Å². The number of halogens is 1. The molecule has 3 atom stereocenters. The highest BCUT2D eigenvalue weighted by Gasteiger charge is 2.26. The first-order chi connectivity index (χ1) is 9.65. The molecule has 3 nitrogen and oxygen atoms in total. The third kappa shape index (κ3) is 6.56. The third-order valence-corrected chi connectivity index (χ3v) is 5.21. The van der Waals surface area contributed by atoms with E-state index in [1.807, 2.05) is 0 Å². The predicted molar refractivity (Wildman–Crippen MR) is 90.6 cm³/mol. The maximum Gasteiger partial charge on any atom is 0.223 e. The van der Waals surface area contributed by atoms with Crippen molar-refractivity contribution in [2.45, 2.75) is 89.6 Å². The Balaban J connectivity index is 0.00000220. The fraction of sp³-hybridized carbons (Fsp3) is 0.941. The molecule has 3 unspecified atom stereocenters. The average molecular weight is 317 g/mol. The smallest absolute Gasteiger partial charge is 0.223 e. The second kappa shape index (κ2) is 9.68. The average Bonchev–Trinajstić information content (AvgIpc) is 2.46. The summed E-state index contributed by atoms with van der Waals surface area (Å²) >= 11 is 0. The van der Waals surface area contributed by atoms with Crippen LogP contribution >= 0.6 is 12.4 Å². The number of carbonyl (C=O) groups excluding carboxylic acids is 1. The molecule has 21 heavy (non-hydrogen) atoms. The highest BCUT2D eigenvalue weighted by molar-refractivity contribution is 5.85. The highest BCUT2D eigenvalue weighted by Crippen LogP contribution is 2.28. The number of amides is 1. The molecular weight excluding hydrogens is 284 g/mol. The molecule has 0 radical (unpaired) electrons. The van der Waals surface area contributed by atoms with Gasteiger partial charge in [0.2, 0.25) is 5.91 Å². The molecule has 2 aliphatic carbocycles. The molecule has 2 rings (SSSR count). The lowest BCUT2D eigenvalue weighted by Gasteiger charge is -2.28. The van der Waals surface area contributed by atoms with E-state index in [0.29, 0.717) is 6.04 Å². The third-order valence-electron chi connectivity index (χ3n) is 5.21. The standard InChI is InChI=1S/C17H32N2O.ClH/c1-13(10-11-14-6-3-2-4-7-14)19-17(20)15-8-5-9-16(18)12-15;/h13-16H,2-12,18H2,1H3,(H,19,20);1H. The van der Waals surface area contributed by atoms with Crippen LogP contribution in [-0.2, 0) is 4.79 Å². The molecule has 0 aromatic rings. The number of carbonyl (C=O) groups is 1. The molecule has 2 saturated carbocycles. The fourth-order valence-corrected chi connectivity index (χ4v) is 3.86. The first-order valence-electron chi connectivity index (χ1n) is 8.71. The van der Waals surface area contributed by atoms with Crippen molar-refractivity contribution in [3.05, 3.63) is 0 Å². The zero-order valence-corrected chi connectivity index (χ0v) is 14.3. The first kappa shape index (κ1) is 18.8. The molecule has 0 heterocycles. The van der Waals surface area contributed by atoms with Crippen LogP contribution in [0.2, 0.25) is 0 Å². The van der Waals surface area contributed by atoms with Gasteiger partial charge in [0.1, 0.15) is 0 Å². The molecule has 0 bridgehead atoms. The van der Waals surface area contributed by atoms with Crippen molar-refractivity contribution >= 4 is 18.3 Å². The van der Waals surface area contributed by atoms with Crippen LogP contribution in [0.15, 0.2) is 0 Å². The van der Waals surface area contributed by atoms with Gasteiger partial charge in [-0.05, 0) is 44.9 Å². The molecule has 0 saturated heterocycles. The van der Waals surface area contributed by atoms with Gasteiger partial charge in [0.05, 0.1) is 0 Å². The van der Waals surface area contributed by atoms with Crippen LogP contribution in [0, 0.1) is 11.8 Å². The van der Waals surface area contributed by atoms with E-state index >= 15 is 0 Å². The lowest BCUT2D eigenvalue weighted by molar-refractivity contribution is -0.126. The van der Waals surface area contributed by atoms with Crippen LogP contribution in [0.5, 0.6) is 0 Å². The Hall–Kier alpha value is -0.280. The van der Waals surface area contributed by atoms with Crippen molar-refractivity contribution in [3.63, 3.8) is 0 Å². The Morgan fingerprint density at radius 2 is 1.86 bits per heavy atom. The Morgan fingerprint density at radius 1 is 1.14 bits per heavy atom. The molecule has 0 aliphatic heterocycles. The van der Waals surface area contributed by atoms with Gasteiger partial charge in [0.15, 0.2) is 0 Å². The number of hydrogen-bond acceptors (Lipinski definition) is 2. The van der Waals surface area contributed by atoms with E-state index in [1.165, 1.54) is 38.5 Å². The Labute approximate surface area is 136 Å². The van der Waals surface area contributed by atoms with E-state index in [9.17, 15) is 4.79 Å². The van der Waals surface area contributed by atoms with Gasteiger partial charge in [0.25, 0.3) is 0 Å². The second-order valence-corrected chi connectivity index (χ2v) is 7.11. The van der Waals surface area contributed by atoms with E-state index in [4.69, 9.17) is 5.73 Å². The van der Waals surface area contributed by atoms with Gasteiger partial charge in [-0.3, -0.25) is 4.79 Å². The number of nitrogens with one attached hydrogen (secondary N) is 1. The van der Waals surface area contributed by atoms with E-state index in [1.54, 1.807) is 0 Å². The van der Waals surface area contributed by atoms with Crippen LogP contribution in [0.25, 0.3) is 0 Å². The van der Waals surface area contributed by atoms with Crippen LogP contribution in [-0.4, -0.2) is 18.0 Å². The summed E-state index contributed by atoms with van der Waals surface area (Å²) in [5.41, 5.74) is 5.97. The molecule has 4 heteroatoms. The molecule has 2 aliphatic rings. The number of rotatable bonds is 5. The maximum atomic E-state index is 12.2. The van der Waals surface area contributed by atoms with Crippen LogP contribution < -0.4 is 11.1 Å². The minimum absolute atomic E-state index is 0. The minimum Gasteiger partial charge on any atom is -0.353 e. The SMILES string of the molecule is CC(CCC1CCCCC1)NC(=O)C1CCCC(N)C1.Cl. The van der Waals surface area contributed by atoms with Crippen molar-refractivity contribution in [1.82, 2.24) is 5.32 Å². The van der Waals surface area contributed by atoms with Crippen LogP contribution in [0.1, 0.15) is 77.6 Å². The summed E-state index contributed by atoms with van der Waals surface area (Å²) in [4.78, 5) is 12.2. The minimum atomic E-state index is 0. The van der Waals surface area contributed by atoms with Crippen LogP contribution in [0.3, 0.4) is 0 Å². The van der Waals surface area contributed by atoms with E-state index in [-0.39, 0.29) is 30.3 Å². The van der Waals surface area contributed by atoms with E-state index in [2.05, 4.69) is 12.2 Å². The lowest BCUT2D eigenvalue weighted by Crippen LogP contribution is -2.41. The largest absolute Gasteiger partial charge is 0.353 e. The highest BCUT2D eigenvalue weighted by atomic mass is 35.5. The molecule has 0 aromatic heterocycles. The Bertz CT molecular complexity index is 305. The van der Waals surface area contributed by atoms with Gasteiger partial charge in [-0.1, -0.05) is 38.5 Å². The topological polar surface area (TPSA) is 55.1 Å². The van der Waals surface area contributed by atoms with Gasteiger partial charge in [-0.15, -0.1) is 12.4 Å². The Morgan fingerprint density at radius 3 is 2.52 bits per heavy atom. The van der Waals surface area contributed by atoms with E-state index in [0.717, 1.165) is 38.0 Å². The van der Waals surface area contributed by atoms with Gasteiger partial charge >= 0.3 is 0 Å². The van der Waals surface area contributed by atoms with Crippen molar-refractivity contribution < 1.29 is 4.79 Å².